The first-order chi connectivity index (χ1) is 13.3. The fourth-order valence-electron chi connectivity index (χ4n) is 3.71. The number of hydrogen-bond donors (Lipinski definition) is 1. The second kappa shape index (κ2) is 8.44. The Bertz CT molecular complexity index is 820. The molecule has 2 aromatic carbocycles. The third-order valence-electron chi connectivity index (χ3n) is 5.28. The average molecular weight is 366 g/mol. The van der Waals surface area contributed by atoms with Crippen molar-refractivity contribution in [2.45, 2.75) is 44.6 Å². The molecule has 0 aliphatic heterocycles. The number of fused-ring (bicyclic) bond motifs is 1. The van der Waals surface area contributed by atoms with Crippen molar-refractivity contribution in [3.8, 4) is 17.6 Å². The standard InChI is InChI=1S/C22H26N2O3/c23-19(16-6-2-1-3-7-16)14-15-25-17-10-12-18(13-11-17)26-22-24-20-8-4-5-9-21(20)27-22/h4-5,8-13,16,19H,1-3,6-7,14-15,23H2. The first kappa shape index (κ1) is 17.9. The topological polar surface area (TPSA) is 70.5 Å². The maximum Gasteiger partial charge on any atom is 0.400 e. The lowest BCUT2D eigenvalue weighted by Crippen LogP contribution is -2.33. The molecule has 142 valence electrons. The summed E-state index contributed by atoms with van der Waals surface area (Å²) in [4.78, 5) is 4.31. The predicted octanol–water partition coefficient (Wildman–Crippen LogP) is 5.30. The Hall–Kier alpha value is -2.53. The molecule has 0 radical (unpaired) electrons. The van der Waals surface area contributed by atoms with Crippen molar-refractivity contribution < 1.29 is 13.9 Å². The van der Waals surface area contributed by atoms with Crippen LogP contribution in [0.5, 0.6) is 17.6 Å². The molecule has 0 spiro atoms. The summed E-state index contributed by atoms with van der Waals surface area (Å²) in [6, 6.07) is 15.3. The molecule has 1 atom stereocenters. The summed E-state index contributed by atoms with van der Waals surface area (Å²) in [6.45, 7) is 0.642. The van der Waals surface area contributed by atoms with E-state index in [0.717, 1.165) is 17.7 Å². The highest BCUT2D eigenvalue weighted by atomic mass is 16.6. The van der Waals surface area contributed by atoms with Gasteiger partial charge in [0, 0.05) is 6.04 Å². The van der Waals surface area contributed by atoms with Crippen LogP contribution in [0, 0.1) is 5.92 Å². The Morgan fingerprint density at radius 3 is 2.52 bits per heavy atom. The number of nitrogens with zero attached hydrogens (tertiary/aromatic N) is 1. The van der Waals surface area contributed by atoms with Gasteiger partial charge < -0.3 is 19.6 Å². The predicted molar refractivity (Wildman–Crippen MR) is 105 cm³/mol. The van der Waals surface area contributed by atoms with Gasteiger partial charge in [0.15, 0.2) is 5.58 Å². The normalized spacial score (nSPS) is 16.3. The van der Waals surface area contributed by atoms with Crippen LogP contribution < -0.4 is 15.2 Å². The Kier molecular flexibility index (Phi) is 5.58. The van der Waals surface area contributed by atoms with E-state index >= 15 is 0 Å². The van der Waals surface area contributed by atoms with E-state index in [1.807, 2.05) is 48.5 Å². The molecule has 1 fully saturated rings. The highest BCUT2D eigenvalue weighted by molar-refractivity contribution is 5.72. The quantitative estimate of drug-likeness (QED) is 0.614. The van der Waals surface area contributed by atoms with Crippen LogP contribution in [0.4, 0.5) is 0 Å². The molecule has 1 unspecified atom stereocenters. The third-order valence-corrected chi connectivity index (χ3v) is 5.28. The fraction of sp³-hybridized carbons (Fsp3) is 0.409. The lowest BCUT2D eigenvalue weighted by molar-refractivity contribution is 0.243. The lowest BCUT2D eigenvalue weighted by atomic mass is 9.83. The molecule has 1 saturated carbocycles. The second-order valence-corrected chi connectivity index (χ2v) is 7.22. The maximum absolute atomic E-state index is 6.34. The van der Waals surface area contributed by atoms with Crippen LogP contribution in [0.3, 0.4) is 0 Å². The Morgan fingerprint density at radius 1 is 1.00 bits per heavy atom. The van der Waals surface area contributed by atoms with E-state index < -0.39 is 0 Å². The summed E-state index contributed by atoms with van der Waals surface area (Å²) in [5, 5.41) is 0. The Labute approximate surface area is 159 Å². The SMILES string of the molecule is NC(CCOc1ccc(Oc2nc3ccccc3o2)cc1)C1CCCCC1. The number of para-hydroxylation sites is 2. The summed E-state index contributed by atoms with van der Waals surface area (Å²) in [5.74, 6) is 2.14. The third kappa shape index (κ3) is 4.61. The molecule has 0 saturated heterocycles. The van der Waals surface area contributed by atoms with E-state index in [0.29, 0.717) is 23.9 Å². The maximum atomic E-state index is 6.34. The first-order valence-corrected chi connectivity index (χ1v) is 9.80. The van der Waals surface area contributed by atoms with Crippen LogP contribution in [-0.4, -0.2) is 17.6 Å². The second-order valence-electron chi connectivity index (χ2n) is 7.22. The molecule has 5 nitrogen and oxygen atoms in total. The number of aromatic nitrogens is 1. The van der Waals surface area contributed by atoms with Gasteiger partial charge in [-0.1, -0.05) is 31.4 Å². The number of nitrogens with two attached hydrogens (primary N) is 1. The number of benzene rings is 2. The van der Waals surface area contributed by atoms with Crippen LogP contribution in [-0.2, 0) is 0 Å². The minimum atomic E-state index is 0.239. The number of rotatable bonds is 7. The molecule has 5 heteroatoms. The van der Waals surface area contributed by atoms with Crippen molar-refractivity contribution in [2.75, 3.05) is 6.61 Å². The Balaban J connectivity index is 1.27. The summed E-state index contributed by atoms with van der Waals surface area (Å²) < 4.78 is 17.1. The van der Waals surface area contributed by atoms with E-state index in [4.69, 9.17) is 19.6 Å². The van der Waals surface area contributed by atoms with Crippen molar-refractivity contribution in [1.29, 1.82) is 0 Å². The summed E-state index contributed by atoms with van der Waals surface area (Å²) in [5.41, 5.74) is 7.83. The monoisotopic (exact) mass is 366 g/mol. The Morgan fingerprint density at radius 2 is 1.74 bits per heavy atom. The van der Waals surface area contributed by atoms with Crippen molar-refractivity contribution in [2.24, 2.45) is 11.7 Å². The van der Waals surface area contributed by atoms with Gasteiger partial charge in [0.1, 0.15) is 17.0 Å². The van der Waals surface area contributed by atoms with Crippen molar-refractivity contribution >= 4 is 11.1 Å². The molecule has 0 bridgehead atoms. The largest absolute Gasteiger partial charge is 0.494 e. The van der Waals surface area contributed by atoms with E-state index in [9.17, 15) is 0 Å². The summed E-state index contributed by atoms with van der Waals surface area (Å²) in [7, 11) is 0. The van der Waals surface area contributed by atoms with Crippen molar-refractivity contribution in [1.82, 2.24) is 4.98 Å². The van der Waals surface area contributed by atoms with Crippen molar-refractivity contribution in [3.63, 3.8) is 0 Å². The molecular formula is C22H26N2O3. The number of hydrogen-bond acceptors (Lipinski definition) is 5. The van der Waals surface area contributed by atoms with Crippen molar-refractivity contribution in [3.05, 3.63) is 48.5 Å². The van der Waals surface area contributed by atoms with Crippen LogP contribution in [0.25, 0.3) is 11.1 Å². The van der Waals surface area contributed by atoms with E-state index in [1.165, 1.54) is 32.1 Å². The first-order valence-electron chi connectivity index (χ1n) is 9.80. The minimum Gasteiger partial charge on any atom is -0.494 e. The highest BCUT2D eigenvalue weighted by Gasteiger charge is 2.20. The minimum absolute atomic E-state index is 0.239. The highest BCUT2D eigenvalue weighted by Crippen LogP contribution is 2.28. The van der Waals surface area contributed by atoms with E-state index in [-0.39, 0.29) is 12.1 Å². The van der Waals surface area contributed by atoms with Gasteiger partial charge in [0.2, 0.25) is 0 Å². The smallest absolute Gasteiger partial charge is 0.400 e. The van der Waals surface area contributed by atoms with Gasteiger partial charge in [0.25, 0.3) is 0 Å². The zero-order valence-corrected chi connectivity index (χ0v) is 15.5. The van der Waals surface area contributed by atoms with Gasteiger partial charge in [0.05, 0.1) is 6.61 Å². The van der Waals surface area contributed by atoms with E-state index in [1.54, 1.807) is 0 Å². The molecule has 1 aromatic heterocycles. The van der Waals surface area contributed by atoms with Gasteiger partial charge >= 0.3 is 6.08 Å². The molecule has 0 amide bonds. The lowest BCUT2D eigenvalue weighted by Gasteiger charge is -2.27. The zero-order chi connectivity index (χ0) is 18.5. The van der Waals surface area contributed by atoms with Gasteiger partial charge in [-0.2, -0.15) is 4.98 Å². The summed E-state index contributed by atoms with van der Waals surface area (Å²) >= 11 is 0. The zero-order valence-electron chi connectivity index (χ0n) is 15.5. The molecule has 1 aliphatic rings. The van der Waals surface area contributed by atoms with Crippen LogP contribution in [0.15, 0.2) is 52.9 Å². The van der Waals surface area contributed by atoms with Crippen LogP contribution in [0.2, 0.25) is 0 Å². The average Bonchev–Trinajstić information content (AvgIpc) is 3.12. The summed E-state index contributed by atoms with van der Waals surface area (Å²) in [6.07, 6.45) is 7.67. The van der Waals surface area contributed by atoms with Gasteiger partial charge in [-0.05, 0) is 61.6 Å². The molecule has 27 heavy (non-hydrogen) atoms. The molecule has 1 heterocycles. The number of oxazole rings is 1. The molecule has 1 aliphatic carbocycles. The van der Waals surface area contributed by atoms with Crippen LogP contribution in [0.1, 0.15) is 38.5 Å². The number of ether oxygens (including phenoxy) is 2. The molecular weight excluding hydrogens is 340 g/mol. The van der Waals surface area contributed by atoms with Crippen LogP contribution >= 0.6 is 0 Å². The van der Waals surface area contributed by atoms with Gasteiger partial charge in [-0.15, -0.1) is 0 Å². The molecule has 2 N–H and O–H groups in total. The van der Waals surface area contributed by atoms with Gasteiger partial charge in [-0.3, -0.25) is 0 Å². The fourth-order valence-corrected chi connectivity index (χ4v) is 3.71. The van der Waals surface area contributed by atoms with Gasteiger partial charge in [-0.25, -0.2) is 0 Å². The van der Waals surface area contributed by atoms with E-state index in [2.05, 4.69) is 4.98 Å². The molecule has 3 aromatic rings. The molecule has 4 rings (SSSR count).